The molecule has 32 heavy (non-hydrogen) atoms. The monoisotopic (exact) mass is 478 g/mol. The van der Waals surface area contributed by atoms with Gasteiger partial charge in [0.1, 0.15) is 18.2 Å². The largest absolute Gasteiger partial charge is 0.481 e. The van der Waals surface area contributed by atoms with Crippen LogP contribution in [0.3, 0.4) is 0 Å². The van der Waals surface area contributed by atoms with Crippen molar-refractivity contribution in [3.63, 3.8) is 0 Å². The van der Waals surface area contributed by atoms with E-state index in [9.17, 15) is 19.5 Å². The fourth-order valence-electron chi connectivity index (χ4n) is 4.03. The summed E-state index contributed by atoms with van der Waals surface area (Å²) in [6.07, 6.45) is -1.68. The van der Waals surface area contributed by atoms with Crippen LogP contribution in [0.1, 0.15) is 49.5 Å². The van der Waals surface area contributed by atoms with Gasteiger partial charge >= 0.3 is 5.97 Å². The molecule has 0 spiro atoms. The molecule has 2 amide bonds. The smallest absolute Gasteiger partial charge is 0.306 e. The molecule has 0 radical (unpaired) electrons. The Morgan fingerprint density at radius 3 is 2.38 bits per heavy atom. The second kappa shape index (κ2) is 10.3. The molecule has 2 aromatic rings. The highest BCUT2D eigenvalue weighted by atomic mass is 35.5. The molecule has 4 atom stereocenters. The minimum absolute atomic E-state index is 0.327. The van der Waals surface area contributed by atoms with Gasteiger partial charge in [-0.1, -0.05) is 60.8 Å². The molecule has 2 aromatic carbocycles. The van der Waals surface area contributed by atoms with Crippen LogP contribution in [0.15, 0.2) is 48.5 Å². The molecule has 1 heterocycles. The second-order valence-corrected chi connectivity index (χ2v) is 8.52. The number of primary amides is 1. The van der Waals surface area contributed by atoms with Gasteiger partial charge < -0.3 is 20.5 Å². The van der Waals surface area contributed by atoms with E-state index in [1.165, 1.54) is 4.90 Å². The normalized spacial score (nSPS) is 21.9. The SMILES string of the molecule is CCC[C@H](C(N)=O)N1C(=O)C(CC(=O)O)O[C@@H](c2cccc(Cl)c2)C1c1ccc(Cl)cc1. The fourth-order valence-corrected chi connectivity index (χ4v) is 4.36. The van der Waals surface area contributed by atoms with Crippen LogP contribution in [0.2, 0.25) is 10.0 Å². The lowest BCUT2D eigenvalue weighted by Crippen LogP contribution is -2.58. The Bertz CT molecular complexity index is 998. The Hall–Kier alpha value is -2.61. The van der Waals surface area contributed by atoms with Crippen LogP contribution in [0.25, 0.3) is 0 Å². The minimum Gasteiger partial charge on any atom is -0.481 e. The Morgan fingerprint density at radius 1 is 1.12 bits per heavy atom. The summed E-state index contributed by atoms with van der Waals surface area (Å²) < 4.78 is 6.07. The minimum atomic E-state index is -1.28. The average Bonchev–Trinajstić information content (AvgIpc) is 2.73. The predicted octanol–water partition coefficient (Wildman–Crippen LogP) is 4.13. The molecule has 9 heteroatoms. The lowest BCUT2D eigenvalue weighted by molar-refractivity contribution is -0.184. The van der Waals surface area contributed by atoms with E-state index >= 15 is 0 Å². The summed E-state index contributed by atoms with van der Waals surface area (Å²) in [6.45, 7) is 1.88. The lowest BCUT2D eigenvalue weighted by Gasteiger charge is -2.47. The van der Waals surface area contributed by atoms with Crippen LogP contribution in [-0.2, 0) is 19.1 Å². The molecule has 0 bridgehead atoms. The molecular weight excluding hydrogens is 455 g/mol. The van der Waals surface area contributed by atoms with Crippen LogP contribution >= 0.6 is 23.2 Å². The number of nitrogens with two attached hydrogens (primary N) is 1. The summed E-state index contributed by atoms with van der Waals surface area (Å²) in [4.78, 5) is 38.7. The Kier molecular flexibility index (Phi) is 7.77. The number of carboxylic acid groups (broad SMARTS) is 1. The third-order valence-corrected chi connectivity index (χ3v) is 5.89. The van der Waals surface area contributed by atoms with Gasteiger partial charge in [0.25, 0.3) is 5.91 Å². The number of aliphatic carboxylic acids is 1. The summed E-state index contributed by atoms with van der Waals surface area (Å²) in [7, 11) is 0. The van der Waals surface area contributed by atoms with Crippen molar-refractivity contribution in [3.8, 4) is 0 Å². The first-order valence-electron chi connectivity index (χ1n) is 10.2. The number of hydrogen-bond donors (Lipinski definition) is 2. The molecule has 3 N–H and O–H groups in total. The number of rotatable bonds is 8. The summed E-state index contributed by atoms with van der Waals surface area (Å²) in [6, 6.07) is 12.1. The molecule has 3 rings (SSSR count). The number of nitrogens with zero attached hydrogens (tertiary/aromatic N) is 1. The second-order valence-electron chi connectivity index (χ2n) is 7.65. The molecule has 0 aromatic heterocycles. The Balaban J connectivity index is 2.20. The quantitative estimate of drug-likeness (QED) is 0.592. The lowest BCUT2D eigenvalue weighted by atomic mass is 9.89. The van der Waals surface area contributed by atoms with Crippen LogP contribution in [0.4, 0.5) is 0 Å². The number of carbonyl (C=O) groups is 3. The predicted molar refractivity (Wildman–Crippen MR) is 120 cm³/mol. The summed E-state index contributed by atoms with van der Waals surface area (Å²) in [5.74, 6) is -2.45. The van der Waals surface area contributed by atoms with Gasteiger partial charge in [-0.3, -0.25) is 14.4 Å². The molecule has 1 aliphatic rings. The van der Waals surface area contributed by atoms with Crippen molar-refractivity contribution in [1.29, 1.82) is 0 Å². The molecule has 1 fully saturated rings. The topological polar surface area (TPSA) is 110 Å². The van der Waals surface area contributed by atoms with Crippen LogP contribution in [0.5, 0.6) is 0 Å². The van der Waals surface area contributed by atoms with Gasteiger partial charge in [-0.2, -0.15) is 0 Å². The van der Waals surface area contributed by atoms with Gasteiger partial charge in [0.2, 0.25) is 5.91 Å². The van der Waals surface area contributed by atoms with Gasteiger partial charge in [0.05, 0.1) is 12.5 Å². The number of benzene rings is 2. The number of morpholine rings is 1. The van der Waals surface area contributed by atoms with Gasteiger partial charge in [-0.05, 0) is 41.8 Å². The van der Waals surface area contributed by atoms with E-state index in [2.05, 4.69) is 0 Å². The van der Waals surface area contributed by atoms with E-state index in [-0.39, 0.29) is 0 Å². The number of carboxylic acids is 1. The van der Waals surface area contributed by atoms with E-state index in [0.717, 1.165) is 0 Å². The fraction of sp³-hybridized carbons (Fsp3) is 0.348. The van der Waals surface area contributed by atoms with Crippen molar-refractivity contribution in [1.82, 2.24) is 4.90 Å². The summed E-state index contributed by atoms with van der Waals surface area (Å²) in [5.41, 5.74) is 7.02. The zero-order valence-corrected chi connectivity index (χ0v) is 18.9. The molecule has 0 aliphatic carbocycles. The van der Waals surface area contributed by atoms with Crippen LogP contribution in [0, 0.1) is 0 Å². The average molecular weight is 479 g/mol. The molecular formula is C23H24Cl2N2O5. The van der Waals surface area contributed by atoms with Gasteiger partial charge in [0, 0.05) is 10.0 Å². The zero-order chi connectivity index (χ0) is 23.4. The van der Waals surface area contributed by atoms with Crippen molar-refractivity contribution >= 4 is 41.0 Å². The number of amides is 2. The number of carbonyl (C=O) groups excluding carboxylic acids is 2. The summed E-state index contributed by atoms with van der Waals surface area (Å²) in [5, 5.41) is 10.3. The highest BCUT2D eigenvalue weighted by Gasteiger charge is 2.48. The third-order valence-electron chi connectivity index (χ3n) is 5.40. The van der Waals surface area contributed by atoms with E-state index in [1.807, 2.05) is 6.92 Å². The third kappa shape index (κ3) is 5.23. The molecule has 2 unspecified atom stereocenters. The first kappa shape index (κ1) is 24.0. The highest BCUT2D eigenvalue weighted by molar-refractivity contribution is 6.30. The van der Waals surface area contributed by atoms with Crippen molar-refractivity contribution in [2.45, 2.75) is 50.5 Å². The molecule has 1 aliphatic heterocycles. The van der Waals surface area contributed by atoms with Crippen molar-refractivity contribution in [2.24, 2.45) is 5.73 Å². The number of halogens is 2. The molecule has 170 valence electrons. The first-order valence-corrected chi connectivity index (χ1v) is 11.0. The highest BCUT2D eigenvalue weighted by Crippen LogP contribution is 2.44. The summed E-state index contributed by atoms with van der Waals surface area (Å²) >= 11 is 12.3. The van der Waals surface area contributed by atoms with Crippen molar-refractivity contribution in [3.05, 3.63) is 69.7 Å². The molecule has 7 nitrogen and oxygen atoms in total. The maximum Gasteiger partial charge on any atom is 0.306 e. The number of hydrogen-bond acceptors (Lipinski definition) is 4. The molecule has 1 saturated heterocycles. The van der Waals surface area contributed by atoms with E-state index < -0.39 is 48.5 Å². The van der Waals surface area contributed by atoms with Gasteiger partial charge in [0.15, 0.2) is 0 Å². The van der Waals surface area contributed by atoms with Crippen LogP contribution < -0.4 is 5.73 Å². The molecule has 0 saturated carbocycles. The number of ether oxygens (including phenoxy) is 1. The Labute approximate surface area is 196 Å². The first-order chi connectivity index (χ1) is 15.2. The maximum absolute atomic E-state index is 13.5. The zero-order valence-electron chi connectivity index (χ0n) is 17.4. The van der Waals surface area contributed by atoms with Crippen LogP contribution in [-0.4, -0.2) is 39.9 Å². The van der Waals surface area contributed by atoms with Crippen molar-refractivity contribution < 1.29 is 24.2 Å². The maximum atomic E-state index is 13.5. The van der Waals surface area contributed by atoms with E-state index in [0.29, 0.717) is 34.0 Å². The van der Waals surface area contributed by atoms with E-state index in [1.54, 1.807) is 48.5 Å². The van der Waals surface area contributed by atoms with Gasteiger partial charge in [-0.15, -0.1) is 0 Å². The van der Waals surface area contributed by atoms with Crippen molar-refractivity contribution in [2.75, 3.05) is 0 Å². The Morgan fingerprint density at radius 2 is 1.81 bits per heavy atom. The van der Waals surface area contributed by atoms with E-state index in [4.69, 9.17) is 33.7 Å². The standard InChI is InChI=1S/C23H24Cl2N2O5/c1-2-4-17(22(26)30)27-20(13-7-9-15(24)10-8-13)21(14-5-3-6-16(25)11-14)32-18(23(27)31)12-19(28)29/h3,5-11,17-18,20-21H,2,4,12H2,1H3,(H2,26,30)(H,28,29)/t17-,18?,20?,21+/m1/s1. The van der Waals surface area contributed by atoms with Gasteiger partial charge in [-0.25, -0.2) is 0 Å².